The molecule has 0 radical (unpaired) electrons. The van der Waals surface area contributed by atoms with Gasteiger partial charge in [-0.05, 0) is 50.4 Å². The monoisotopic (exact) mass is 225 g/mol. The lowest BCUT2D eigenvalue weighted by molar-refractivity contribution is -0.155. The quantitative estimate of drug-likeness (QED) is 0.746. The van der Waals surface area contributed by atoms with Crippen molar-refractivity contribution in [2.75, 3.05) is 0 Å². The van der Waals surface area contributed by atoms with Gasteiger partial charge < -0.3 is 10.5 Å². The number of carbonyl (C=O) groups excluding carboxylic acids is 1. The average molecular weight is 225 g/mol. The zero-order valence-electron chi connectivity index (χ0n) is 10.2. The lowest BCUT2D eigenvalue weighted by Gasteiger charge is -2.31. The highest BCUT2D eigenvalue weighted by atomic mass is 16.5. The molecule has 16 heavy (non-hydrogen) atoms. The van der Waals surface area contributed by atoms with Crippen LogP contribution < -0.4 is 5.73 Å². The van der Waals surface area contributed by atoms with Crippen molar-refractivity contribution in [1.82, 2.24) is 0 Å². The normalized spacial score (nSPS) is 32.1. The first-order chi connectivity index (χ1) is 7.72. The molecule has 0 aliphatic heterocycles. The molecule has 2 aliphatic carbocycles. The molecule has 0 aromatic carbocycles. The van der Waals surface area contributed by atoms with Crippen molar-refractivity contribution < 1.29 is 9.53 Å². The summed E-state index contributed by atoms with van der Waals surface area (Å²) in [5.74, 6) is 0.799. The van der Waals surface area contributed by atoms with E-state index in [1.54, 1.807) is 0 Å². The topological polar surface area (TPSA) is 52.3 Å². The van der Waals surface area contributed by atoms with Crippen LogP contribution in [0.4, 0.5) is 0 Å². The molecule has 0 bridgehead atoms. The maximum absolute atomic E-state index is 11.8. The van der Waals surface area contributed by atoms with Crippen LogP contribution in [0.15, 0.2) is 0 Å². The fourth-order valence-corrected chi connectivity index (χ4v) is 2.67. The molecule has 2 N–H and O–H groups in total. The molecular weight excluding hydrogens is 202 g/mol. The third-order valence-corrected chi connectivity index (χ3v) is 4.03. The average Bonchev–Trinajstić information content (AvgIpc) is 3.12. The first-order valence-corrected chi connectivity index (χ1v) is 6.68. The Bertz CT molecular complexity index is 250. The molecular formula is C13H23NO2. The first kappa shape index (κ1) is 11.9. The van der Waals surface area contributed by atoms with Gasteiger partial charge in [0.15, 0.2) is 0 Å². The summed E-state index contributed by atoms with van der Waals surface area (Å²) in [6.07, 6.45) is 8.13. The van der Waals surface area contributed by atoms with Crippen LogP contribution in [0.3, 0.4) is 0 Å². The summed E-state index contributed by atoms with van der Waals surface area (Å²) < 4.78 is 5.59. The van der Waals surface area contributed by atoms with Gasteiger partial charge in [-0.25, -0.2) is 0 Å². The number of nitrogens with two attached hydrogens (primary N) is 1. The Kier molecular flexibility index (Phi) is 3.85. The second-order valence-corrected chi connectivity index (χ2v) is 5.29. The molecule has 0 aromatic rings. The molecule has 0 amide bonds. The maximum atomic E-state index is 11.8. The Morgan fingerprint density at radius 1 is 1.31 bits per heavy atom. The van der Waals surface area contributed by atoms with E-state index in [2.05, 4.69) is 6.92 Å². The van der Waals surface area contributed by atoms with Crippen LogP contribution >= 0.6 is 0 Å². The van der Waals surface area contributed by atoms with E-state index in [0.717, 1.165) is 25.7 Å². The molecule has 0 saturated heterocycles. The minimum atomic E-state index is -0.362. The fraction of sp³-hybridized carbons (Fsp3) is 0.923. The highest BCUT2D eigenvalue weighted by Gasteiger charge is 2.36. The van der Waals surface area contributed by atoms with Gasteiger partial charge in [-0.15, -0.1) is 0 Å². The van der Waals surface area contributed by atoms with Crippen molar-refractivity contribution in [1.29, 1.82) is 0 Å². The molecule has 2 aliphatic rings. The zero-order valence-corrected chi connectivity index (χ0v) is 10.2. The largest absolute Gasteiger partial charge is 0.461 e. The Morgan fingerprint density at radius 2 is 2.00 bits per heavy atom. The summed E-state index contributed by atoms with van der Waals surface area (Å²) in [7, 11) is 0. The SMILES string of the molecule is CCC1CCCCC1OC(=O)C(N)C1CC1. The summed E-state index contributed by atoms with van der Waals surface area (Å²) in [6.45, 7) is 2.18. The lowest BCUT2D eigenvalue weighted by Crippen LogP contribution is -2.39. The van der Waals surface area contributed by atoms with Crippen LogP contribution in [0.2, 0.25) is 0 Å². The highest BCUT2D eigenvalue weighted by Crippen LogP contribution is 2.34. The van der Waals surface area contributed by atoms with Gasteiger partial charge in [0.05, 0.1) is 0 Å². The predicted molar refractivity (Wildman–Crippen MR) is 62.8 cm³/mol. The molecule has 3 unspecified atom stereocenters. The van der Waals surface area contributed by atoms with Crippen LogP contribution in [0.1, 0.15) is 51.9 Å². The summed E-state index contributed by atoms with van der Waals surface area (Å²) in [5, 5.41) is 0. The molecule has 3 atom stereocenters. The Balaban J connectivity index is 1.84. The lowest BCUT2D eigenvalue weighted by atomic mass is 9.85. The van der Waals surface area contributed by atoms with E-state index < -0.39 is 0 Å². The second kappa shape index (κ2) is 5.17. The van der Waals surface area contributed by atoms with Crippen LogP contribution in [-0.4, -0.2) is 18.1 Å². The van der Waals surface area contributed by atoms with Gasteiger partial charge >= 0.3 is 5.97 Å². The predicted octanol–water partition coefficient (Wildman–Crippen LogP) is 2.24. The van der Waals surface area contributed by atoms with E-state index in [4.69, 9.17) is 10.5 Å². The zero-order chi connectivity index (χ0) is 11.5. The van der Waals surface area contributed by atoms with Crippen molar-refractivity contribution in [3.8, 4) is 0 Å². The van der Waals surface area contributed by atoms with E-state index in [0.29, 0.717) is 11.8 Å². The third-order valence-electron chi connectivity index (χ3n) is 4.03. The fourth-order valence-electron chi connectivity index (χ4n) is 2.67. The van der Waals surface area contributed by atoms with Crippen molar-refractivity contribution in [2.45, 2.75) is 64.0 Å². The molecule has 3 heteroatoms. The number of carbonyl (C=O) groups is 1. The maximum Gasteiger partial charge on any atom is 0.323 e. The number of rotatable bonds is 4. The van der Waals surface area contributed by atoms with Crippen molar-refractivity contribution >= 4 is 5.97 Å². The van der Waals surface area contributed by atoms with Crippen molar-refractivity contribution in [3.05, 3.63) is 0 Å². The number of esters is 1. The van der Waals surface area contributed by atoms with Gasteiger partial charge in [0, 0.05) is 0 Å². The molecule has 3 nitrogen and oxygen atoms in total. The number of hydrogen-bond donors (Lipinski definition) is 1. The highest BCUT2D eigenvalue weighted by molar-refractivity contribution is 5.76. The summed E-state index contributed by atoms with van der Waals surface area (Å²) >= 11 is 0. The van der Waals surface area contributed by atoms with Gasteiger partial charge in [-0.2, -0.15) is 0 Å². The van der Waals surface area contributed by atoms with Gasteiger partial charge in [0.25, 0.3) is 0 Å². The molecule has 2 rings (SSSR count). The number of hydrogen-bond acceptors (Lipinski definition) is 3. The third kappa shape index (κ3) is 2.76. The van der Waals surface area contributed by atoms with Gasteiger partial charge in [-0.1, -0.05) is 13.3 Å². The van der Waals surface area contributed by atoms with Gasteiger partial charge in [0.2, 0.25) is 0 Å². The first-order valence-electron chi connectivity index (χ1n) is 6.68. The van der Waals surface area contributed by atoms with E-state index in [1.807, 2.05) is 0 Å². The van der Waals surface area contributed by atoms with Gasteiger partial charge in [0.1, 0.15) is 12.1 Å². The van der Waals surface area contributed by atoms with Crippen molar-refractivity contribution in [3.63, 3.8) is 0 Å². The Labute approximate surface area is 97.7 Å². The summed E-state index contributed by atoms with van der Waals surface area (Å²) in [6, 6.07) is -0.362. The molecule has 92 valence electrons. The standard InChI is InChI=1S/C13H23NO2/c1-2-9-5-3-4-6-11(9)16-13(15)12(14)10-7-8-10/h9-12H,2-8,14H2,1H3. The smallest absolute Gasteiger partial charge is 0.323 e. The van der Waals surface area contributed by atoms with Crippen LogP contribution in [0, 0.1) is 11.8 Å². The van der Waals surface area contributed by atoms with E-state index in [1.165, 1.54) is 19.3 Å². The summed E-state index contributed by atoms with van der Waals surface area (Å²) in [5.41, 5.74) is 5.85. The van der Waals surface area contributed by atoms with Crippen LogP contribution in [0.5, 0.6) is 0 Å². The van der Waals surface area contributed by atoms with Crippen LogP contribution in [0.25, 0.3) is 0 Å². The molecule has 0 spiro atoms. The van der Waals surface area contributed by atoms with E-state index in [9.17, 15) is 4.79 Å². The minimum absolute atomic E-state index is 0.135. The van der Waals surface area contributed by atoms with E-state index in [-0.39, 0.29) is 18.1 Å². The van der Waals surface area contributed by atoms with Crippen LogP contribution in [-0.2, 0) is 9.53 Å². The second-order valence-electron chi connectivity index (χ2n) is 5.29. The molecule has 2 saturated carbocycles. The van der Waals surface area contributed by atoms with E-state index >= 15 is 0 Å². The summed E-state index contributed by atoms with van der Waals surface area (Å²) in [4.78, 5) is 11.8. The van der Waals surface area contributed by atoms with Crippen molar-refractivity contribution in [2.24, 2.45) is 17.6 Å². The Hall–Kier alpha value is -0.570. The molecule has 0 aromatic heterocycles. The minimum Gasteiger partial charge on any atom is -0.461 e. The Morgan fingerprint density at radius 3 is 2.62 bits per heavy atom. The molecule has 2 fully saturated rings. The molecule has 0 heterocycles. The number of ether oxygens (including phenoxy) is 1. The van der Waals surface area contributed by atoms with Gasteiger partial charge in [-0.3, -0.25) is 4.79 Å².